The van der Waals surface area contributed by atoms with E-state index in [2.05, 4.69) is 0 Å². The number of phenols is 1. The molecule has 1 N–H and O–H groups in total. The first kappa shape index (κ1) is 13.0. The molecule has 0 unspecified atom stereocenters. The highest BCUT2D eigenvalue weighted by atomic mass is 16.6. The fourth-order valence-corrected chi connectivity index (χ4v) is 1.15. The molecule has 1 aromatic carbocycles. The van der Waals surface area contributed by atoms with Crippen molar-refractivity contribution in [2.45, 2.75) is 0 Å². The third-order valence-corrected chi connectivity index (χ3v) is 1.87. The molecule has 10 heteroatoms. The molecule has 10 nitrogen and oxygen atoms in total. The molecule has 0 atom stereocenters. The highest BCUT2D eigenvalue weighted by molar-refractivity contribution is 5.66. The average Bonchev–Trinajstić information content (AvgIpc) is 2.26. The van der Waals surface area contributed by atoms with Crippen molar-refractivity contribution in [1.29, 1.82) is 0 Å². The second kappa shape index (κ2) is 4.86. The smallest absolute Gasteiger partial charge is 0.318 e. The number of nitrogens with zero attached hydrogens (tertiary/aromatic N) is 3. The van der Waals surface area contributed by atoms with Crippen molar-refractivity contribution in [3.63, 3.8) is 0 Å². The Morgan fingerprint density at radius 1 is 1.00 bits per heavy atom. The van der Waals surface area contributed by atoms with Crippen molar-refractivity contribution < 1.29 is 19.9 Å². The Hall–Kier alpha value is -3.04. The van der Waals surface area contributed by atoms with E-state index in [1.807, 2.05) is 0 Å². The second-order valence-electron chi connectivity index (χ2n) is 3.02. The van der Waals surface area contributed by atoms with Crippen molar-refractivity contribution >= 4 is 17.5 Å². The maximum atomic E-state index is 10.6. The van der Waals surface area contributed by atoms with E-state index in [0.717, 1.165) is 18.2 Å². The van der Waals surface area contributed by atoms with E-state index >= 15 is 0 Å². The van der Waals surface area contributed by atoms with Crippen molar-refractivity contribution in [2.75, 3.05) is 0 Å². The molecule has 0 fully saturated rings. The van der Waals surface area contributed by atoms with E-state index in [1.54, 1.807) is 0 Å². The Labute approximate surface area is 98.2 Å². The van der Waals surface area contributed by atoms with Gasteiger partial charge in [-0.2, -0.15) is 0 Å². The van der Waals surface area contributed by atoms with Crippen LogP contribution in [0.25, 0.3) is 6.08 Å². The number of hydrogen-bond acceptors (Lipinski definition) is 7. The van der Waals surface area contributed by atoms with Gasteiger partial charge in [-0.15, -0.1) is 0 Å². The Bertz CT molecular complexity index is 531. The van der Waals surface area contributed by atoms with Crippen LogP contribution in [-0.2, 0) is 0 Å². The molecule has 1 aromatic rings. The summed E-state index contributed by atoms with van der Waals surface area (Å²) in [7, 11) is 0. The van der Waals surface area contributed by atoms with Gasteiger partial charge < -0.3 is 5.11 Å². The molecule has 1 rings (SSSR count). The van der Waals surface area contributed by atoms with E-state index < -0.39 is 31.9 Å². The predicted octanol–water partition coefficient (Wildman–Crippen LogP) is 1.46. The largest absolute Gasteiger partial charge is 0.497 e. The first-order chi connectivity index (χ1) is 8.32. The SMILES string of the molecule is O=[N+]([O-])C=Cc1cc([N+](=O)[O-])c(O)c([N+](=O)[O-])c1. The quantitative estimate of drug-likeness (QED) is 0.631. The summed E-state index contributed by atoms with van der Waals surface area (Å²) < 4.78 is 0. The number of phenolic OH excluding ortho intramolecular Hbond substituents is 1. The maximum Gasteiger partial charge on any atom is 0.318 e. The summed E-state index contributed by atoms with van der Waals surface area (Å²) in [5.41, 5.74) is -1.93. The van der Waals surface area contributed by atoms with E-state index in [0.29, 0.717) is 6.20 Å². The van der Waals surface area contributed by atoms with Gasteiger partial charge in [-0.3, -0.25) is 30.3 Å². The summed E-state index contributed by atoms with van der Waals surface area (Å²) in [6, 6.07) is 1.59. The minimum Gasteiger partial charge on any atom is -0.497 e. The van der Waals surface area contributed by atoms with Crippen molar-refractivity contribution in [3.05, 3.63) is 54.2 Å². The Balaban J connectivity index is 3.43. The van der Waals surface area contributed by atoms with Crippen LogP contribution in [-0.4, -0.2) is 19.9 Å². The van der Waals surface area contributed by atoms with E-state index in [9.17, 15) is 35.4 Å². The molecule has 0 bridgehead atoms. The summed E-state index contributed by atoms with van der Waals surface area (Å²) in [5.74, 6) is -1.09. The zero-order chi connectivity index (χ0) is 13.9. The van der Waals surface area contributed by atoms with Crippen LogP contribution in [0, 0.1) is 30.3 Å². The normalized spacial score (nSPS) is 10.4. The molecule has 0 spiro atoms. The highest BCUT2D eigenvalue weighted by Gasteiger charge is 2.25. The molecular formula is C8H5N3O7. The molecule has 0 aromatic heterocycles. The van der Waals surface area contributed by atoms with Crippen LogP contribution in [0.5, 0.6) is 5.75 Å². The summed E-state index contributed by atoms with van der Waals surface area (Å²) >= 11 is 0. The monoisotopic (exact) mass is 255 g/mol. The number of nitro groups is 3. The number of rotatable bonds is 4. The van der Waals surface area contributed by atoms with Crippen LogP contribution in [0.4, 0.5) is 11.4 Å². The lowest BCUT2D eigenvalue weighted by Gasteiger charge is -1.99. The molecule has 0 saturated heterocycles. The van der Waals surface area contributed by atoms with Crippen LogP contribution >= 0.6 is 0 Å². The summed E-state index contributed by atoms with van der Waals surface area (Å²) in [6.07, 6.45) is 1.32. The lowest BCUT2D eigenvalue weighted by molar-refractivity contribution is -0.401. The fourth-order valence-electron chi connectivity index (χ4n) is 1.15. The maximum absolute atomic E-state index is 10.6. The highest BCUT2D eigenvalue weighted by Crippen LogP contribution is 2.36. The number of nitro benzene ring substituents is 2. The van der Waals surface area contributed by atoms with Crippen LogP contribution < -0.4 is 0 Å². The van der Waals surface area contributed by atoms with Crippen molar-refractivity contribution in [2.24, 2.45) is 0 Å². The van der Waals surface area contributed by atoms with Crippen molar-refractivity contribution in [3.8, 4) is 5.75 Å². The minimum absolute atomic E-state index is 0.136. The Morgan fingerprint density at radius 2 is 1.44 bits per heavy atom. The number of aromatic hydroxyl groups is 1. The van der Waals surface area contributed by atoms with Gasteiger partial charge in [-0.05, 0) is 5.56 Å². The summed E-state index contributed by atoms with van der Waals surface area (Å²) in [6.45, 7) is 0. The van der Waals surface area contributed by atoms with Gasteiger partial charge in [0.2, 0.25) is 6.20 Å². The molecule has 0 amide bonds. The van der Waals surface area contributed by atoms with E-state index in [-0.39, 0.29) is 5.56 Å². The Kier molecular flexibility index (Phi) is 3.52. The van der Waals surface area contributed by atoms with Crippen LogP contribution in [0.15, 0.2) is 18.3 Å². The predicted molar refractivity (Wildman–Crippen MR) is 57.4 cm³/mol. The van der Waals surface area contributed by atoms with Gasteiger partial charge in [0.25, 0.3) is 5.75 Å². The van der Waals surface area contributed by atoms with E-state index in [4.69, 9.17) is 0 Å². The lowest BCUT2D eigenvalue weighted by Crippen LogP contribution is -1.95. The second-order valence-corrected chi connectivity index (χ2v) is 3.02. The summed E-state index contributed by atoms with van der Waals surface area (Å²) in [4.78, 5) is 28.3. The molecule has 0 heterocycles. The standard InChI is InChI=1S/C8H5N3O7/c12-8-6(10(15)16)3-5(1-2-9(13)14)4-7(8)11(17)18/h1-4,12H. The molecule has 94 valence electrons. The number of hydrogen-bond donors (Lipinski definition) is 1. The van der Waals surface area contributed by atoms with Gasteiger partial charge in [0.1, 0.15) is 0 Å². The molecule has 0 aliphatic carbocycles. The topological polar surface area (TPSA) is 150 Å². The van der Waals surface area contributed by atoms with Gasteiger partial charge in [-0.1, -0.05) is 0 Å². The minimum atomic E-state index is -1.09. The summed E-state index contributed by atoms with van der Waals surface area (Å²) in [5, 5.41) is 40.5. The molecular weight excluding hydrogens is 250 g/mol. The lowest BCUT2D eigenvalue weighted by atomic mass is 10.1. The molecule has 0 aliphatic rings. The van der Waals surface area contributed by atoms with Gasteiger partial charge in [0.15, 0.2) is 0 Å². The number of benzene rings is 1. The zero-order valence-corrected chi connectivity index (χ0v) is 8.55. The Morgan fingerprint density at radius 3 is 1.78 bits per heavy atom. The van der Waals surface area contributed by atoms with Gasteiger partial charge in [0.05, 0.1) is 14.8 Å². The first-order valence-corrected chi connectivity index (χ1v) is 4.30. The van der Waals surface area contributed by atoms with Crippen LogP contribution in [0.1, 0.15) is 5.56 Å². The molecule has 0 radical (unpaired) electrons. The van der Waals surface area contributed by atoms with Crippen LogP contribution in [0.2, 0.25) is 0 Å². The van der Waals surface area contributed by atoms with Gasteiger partial charge >= 0.3 is 11.4 Å². The van der Waals surface area contributed by atoms with Crippen molar-refractivity contribution in [1.82, 2.24) is 0 Å². The van der Waals surface area contributed by atoms with E-state index in [1.165, 1.54) is 0 Å². The zero-order valence-electron chi connectivity index (χ0n) is 8.55. The fraction of sp³-hybridized carbons (Fsp3) is 0. The van der Waals surface area contributed by atoms with Crippen LogP contribution in [0.3, 0.4) is 0 Å². The first-order valence-electron chi connectivity index (χ1n) is 4.30. The molecule has 18 heavy (non-hydrogen) atoms. The van der Waals surface area contributed by atoms with Gasteiger partial charge in [0, 0.05) is 18.2 Å². The molecule has 0 aliphatic heterocycles. The average molecular weight is 255 g/mol. The third-order valence-electron chi connectivity index (χ3n) is 1.87. The van der Waals surface area contributed by atoms with Gasteiger partial charge in [-0.25, -0.2) is 0 Å². The molecule has 0 saturated carbocycles. The third kappa shape index (κ3) is 2.75.